The fraction of sp³-hybridized carbons (Fsp3) is 0.773. The van der Waals surface area contributed by atoms with Gasteiger partial charge in [0.05, 0.1) is 7.11 Å². The highest BCUT2D eigenvalue weighted by molar-refractivity contribution is 6.20. The number of ether oxygens (including phenoxy) is 1. The Labute approximate surface area is 165 Å². The molecule has 0 aromatic carbocycles. The predicted octanol–water partition coefficient (Wildman–Crippen LogP) is 6.97. The van der Waals surface area contributed by atoms with Crippen LogP contribution in [0.25, 0.3) is 0 Å². The van der Waals surface area contributed by atoms with Gasteiger partial charge in [0, 0.05) is 18.1 Å². The van der Waals surface area contributed by atoms with Crippen molar-refractivity contribution in [1.29, 1.82) is 0 Å². The van der Waals surface area contributed by atoms with Crippen molar-refractivity contribution in [1.82, 2.24) is 4.57 Å². The molecule has 0 N–H and O–H groups in total. The van der Waals surface area contributed by atoms with Crippen LogP contribution in [0.4, 0.5) is 0 Å². The number of carbonyl (C=O) groups is 1. The number of hydrogen-bond acceptors (Lipinski definition) is 2. The molecule has 3 nitrogen and oxygen atoms in total. The summed E-state index contributed by atoms with van der Waals surface area (Å²) in [6.45, 7) is 3.04. The number of esters is 1. The van der Waals surface area contributed by atoms with Gasteiger partial charge in [0.1, 0.15) is 5.69 Å². The zero-order chi connectivity index (χ0) is 19.0. The fourth-order valence-electron chi connectivity index (χ4n) is 3.35. The minimum absolute atomic E-state index is 0.182. The number of carbonyl (C=O) groups excluding carboxylic acids is 1. The van der Waals surface area contributed by atoms with Gasteiger partial charge in [-0.25, -0.2) is 4.79 Å². The van der Waals surface area contributed by atoms with Gasteiger partial charge in [-0.3, -0.25) is 0 Å². The summed E-state index contributed by atoms with van der Waals surface area (Å²) in [6.07, 6.45) is 18.8. The van der Waals surface area contributed by atoms with E-state index in [2.05, 4.69) is 6.92 Å². The van der Waals surface area contributed by atoms with Crippen molar-refractivity contribution in [3.63, 3.8) is 0 Å². The monoisotopic (exact) mass is 383 g/mol. The van der Waals surface area contributed by atoms with Crippen LogP contribution < -0.4 is 0 Å². The summed E-state index contributed by atoms with van der Waals surface area (Å²) in [7, 11) is 1.41. The SMILES string of the molecule is CCCCCCCCCCCCCC(Cl)CCn1cccc1C(=O)OC. The highest BCUT2D eigenvalue weighted by Crippen LogP contribution is 2.17. The van der Waals surface area contributed by atoms with Crippen LogP contribution in [0, 0.1) is 0 Å². The maximum absolute atomic E-state index is 11.6. The van der Waals surface area contributed by atoms with Crippen molar-refractivity contribution in [3.8, 4) is 0 Å². The van der Waals surface area contributed by atoms with Crippen LogP contribution in [0.5, 0.6) is 0 Å². The minimum Gasteiger partial charge on any atom is -0.464 e. The van der Waals surface area contributed by atoms with E-state index in [0.29, 0.717) is 5.69 Å². The Bertz CT molecular complexity index is 472. The molecule has 0 fully saturated rings. The predicted molar refractivity (Wildman–Crippen MR) is 111 cm³/mol. The molecule has 0 radical (unpaired) electrons. The molecule has 0 bridgehead atoms. The molecule has 0 saturated carbocycles. The molecule has 0 spiro atoms. The molecular weight excluding hydrogens is 346 g/mol. The molecule has 1 heterocycles. The first-order valence-corrected chi connectivity index (χ1v) is 11.0. The topological polar surface area (TPSA) is 31.2 Å². The molecule has 1 aromatic rings. The first kappa shape index (κ1) is 23.1. The number of methoxy groups -OCH3 is 1. The molecule has 0 amide bonds. The highest BCUT2D eigenvalue weighted by Gasteiger charge is 2.12. The number of aryl methyl sites for hydroxylation is 1. The number of nitrogens with zero attached hydrogens (tertiary/aromatic N) is 1. The highest BCUT2D eigenvalue weighted by atomic mass is 35.5. The Morgan fingerprint density at radius 1 is 1.00 bits per heavy atom. The van der Waals surface area contributed by atoms with E-state index in [1.54, 1.807) is 6.07 Å². The molecule has 1 unspecified atom stereocenters. The molecule has 4 heteroatoms. The average Bonchev–Trinajstić information content (AvgIpc) is 3.12. The van der Waals surface area contributed by atoms with Crippen molar-refractivity contribution < 1.29 is 9.53 Å². The van der Waals surface area contributed by atoms with Crippen LogP contribution in [0.15, 0.2) is 18.3 Å². The van der Waals surface area contributed by atoms with Gasteiger partial charge in [-0.2, -0.15) is 0 Å². The molecule has 0 aliphatic carbocycles. The first-order valence-electron chi connectivity index (χ1n) is 10.6. The van der Waals surface area contributed by atoms with Gasteiger partial charge in [-0.05, 0) is 25.0 Å². The van der Waals surface area contributed by atoms with Crippen LogP contribution in [-0.4, -0.2) is 23.0 Å². The Morgan fingerprint density at radius 2 is 1.58 bits per heavy atom. The quantitative estimate of drug-likeness (QED) is 0.175. The summed E-state index contributed by atoms with van der Waals surface area (Å²) >= 11 is 6.46. The van der Waals surface area contributed by atoms with E-state index in [1.807, 2.05) is 16.8 Å². The maximum Gasteiger partial charge on any atom is 0.354 e. The van der Waals surface area contributed by atoms with Crippen molar-refractivity contribution in [2.24, 2.45) is 0 Å². The molecule has 150 valence electrons. The number of alkyl halides is 1. The molecule has 0 aliphatic heterocycles. The zero-order valence-electron chi connectivity index (χ0n) is 16.9. The summed E-state index contributed by atoms with van der Waals surface area (Å²) in [5.41, 5.74) is 0.603. The van der Waals surface area contributed by atoms with E-state index in [4.69, 9.17) is 16.3 Å². The molecule has 0 saturated heterocycles. The third-order valence-electron chi connectivity index (χ3n) is 5.03. The third-order valence-corrected chi connectivity index (χ3v) is 5.46. The third kappa shape index (κ3) is 10.3. The first-order chi connectivity index (χ1) is 12.7. The lowest BCUT2D eigenvalue weighted by Gasteiger charge is -2.12. The van der Waals surface area contributed by atoms with Gasteiger partial charge in [0.15, 0.2) is 0 Å². The van der Waals surface area contributed by atoms with Crippen molar-refractivity contribution >= 4 is 17.6 Å². The summed E-state index contributed by atoms with van der Waals surface area (Å²) in [5, 5.41) is 0.182. The number of rotatable bonds is 16. The van der Waals surface area contributed by atoms with Gasteiger partial charge in [0.2, 0.25) is 0 Å². The van der Waals surface area contributed by atoms with Crippen LogP contribution in [0.2, 0.25) is 0 Å². The number of unbranched alkanes of at least 4 members (excludes halogenated alkanes) is 10. The maximum atomic E-state index is 11.6. The van der Waals surface area contributed by atoms with E-state index >= 15 is 0 Å². The smallest absolute Gasteiger partial charge is 0.354 e. The van der Waals surface area contributed by atoms with Crippen LogP contribution in [0.3, 0.4) is 0 Å². The number of hydrogen-bond donors (Lipinski definition) is 0. The Hall–Kier alpha value is -0.960. The van der Waals surface area contributed by atoms with E-state index < -0.39 is 0 Å². The second-order valence-corrected chi connectivity index (χ2v) is 7.91. The normalized spacial score (nSPS) is 12.3. The van der Waals surface area contributed by atoms with E-state index in [-0.39, 0.29) is 11.3 Å². The zero-order valence-corrected chi connectivity index (χ0v) is 17.6. The molecule has 0 aliphatic rings. The second-order valence-electron chi connectivity index (χ2n) is 7.29. The van der Waals surface area contributed by atoms with Gasteiger partial charge < -0.3 is 9.30 Å². The molecule has 26 heavy (non-hydrogen) atoms. The van der Waals surface area contributed by atoms with Crippen LogP contribution in [0.1, 0.15) is 101 Å². The fourth-order valence-corrected chi connectivity index (χ4v) is 3.60. The Morgan fingerprint density at radius 3 is 2.15 bits per heavy atom. The van der Waals surface area contributed by atoms with Gasteiger partial charge in [0.25, 0.3) is 0 Å². The van der Waals surface area contributed by atoms with E-state index in [9.17, 15) is 4.79 Å². The average molecular weight is 384 g/mol. The van der Waals surface area contributed by atoms with Crippen LogP contribution >= 0.6 is 11.6 Å². The molecular formula is C22H38ClNO2. The largest absolute Gasteiger partial charge is 0.464 e. The standard InChI is InChI=1S/C22H38ClNO2/c1-3-4-5-6-7-8-9-10-11-12-13-15-20(23)17-19-24-18-14-16-21(24)22(25)26-2/h14,16,18,20H,3-13,15,17,19H2,1-2H3. The van der Waals surface area contributed by atoms with Gasteiger partial charge >= 0.3 is 5.97 Å². The summed E-state index contributed by atoms with van der Waals surface area (Å²) in [4.78, 5) is 11.6. The van der Waals surface area contributed by atoms with Crippen molar-refractivity contribution in [2.75, 3.05) is 7.11 Å². The lowest BCUT2D eigenvalue weighted by atomic mass is 10.0. The van der Waals surface area contributed by atoms with Gasteiger partial charge in [-0.15, -0.1) is 11.6 Å². The van der Waals surface area contributed by atoms with E-state index in [0.717, 1.165) is 19.4 Å². The lowest BCUT2D eigenvalue weighted by molar-refractivity contribution is 0.0588. The molecule has 1 aromatic heterocycles. The summed E-state index contributed by atoms with van der Waals surface area (Å²) in [5.74, 6) is -0.286. The Kier molecular flexibility index (Phi) is 13.4. The summed E-state index contributed by atoms with van der Waals surface area (Å²) < 4.78 is 6.73. The van der Waals surface area contributed by atoms with E-state index in [1.165, 1.54) is 77.7 Å². The van der Waals surface area contributed by atoms with Crippen molar-refractivity contribution in [3.05, 3.63) is 24.0 Å². The van der Waals surface area contributed by atoms with Gasteiger partial charge in [-0.1, -0.05) is 77.6 Å². The Balaban J connectivity index is 1.98. The van der Waals surface area contributed by atoms with Crippen LogP contribution in [-0.2, 0) is 11.3 Å². The number of halogens is 1. The molecule has 1 atom stereocenters. The second kappa shape index (κ2) is 15.1. The number of aromatic nitrogens is 1. The molecule has 1 rings (SSSR count). The summed E-state index contributed by atoms with van der Waals surface area (Å²) in [6, 6.07) is 3.66. The van der Waals surface area contributed by atoms with Crippen molar-refractivity contribution in [2.45, 2.75) is 102 Å². The minimum atomic E-state index is -0.286. The lowest BCUT2D eigenvalue weighted by Crippen LogP contribution is -2.12.